The van der Waals surface area contributed by atoms with E-state index in [0.717, 1.165) is 13.1 Å². The third-order valence-electron chi connectivity index (χ3n) is 2.57. The van der Waals surface area contributed by atoms with Crippen molar-refractivity contribution in [3.63, 3.8) is 0 Å². The molecule has 1 aromatic carbocycles. The Morgan fingerprint density at radius 3 is 2.93 bits per heavy atom. The van der Waals surface area contributed by atoms with E-state index in [-0.39, 0.29) is 5.88 Å². The van der Waals surface area contributed by atoms with E-state index in [9.17, 15) is 8.76 Å². The topological polar surface area (TPSA) is 43.4 Å². The molecule has 0 radical (unpaired) electrons. The second kappa shape index (κ2) is 3.81. The summed E-state index contributed by atoms with van der Waals surface area (Å²) in [5.41, 5.74) is 3.80. The molecule has 0 aromatic heterocycles. The molecule has 76 valence electrons. The van der Waals surface area contributed by atoms with E-state index in [1.165, 1.54) is 16.7 Å². The summed E-state index contributed by atoms with van der Waals surface area (Å²) in [7, 11) is 0. The largest absolute Gasteiger partial charge is 0.771 e. The zero-order valence-electron chi connectivity index (χ0n) is 8.03. The standard InChI is InChI=1S/C10H13NO2S/c1-8-3-2-4-9-5-11(6-10(8)9)7-14(12)13/h2-4H,5-7H2,1H3,(H,12,13)/p-1. The van der Waals surface area contributed by atoms with Crippen molar-refractivity contribution in [2.45, 2.75) is 20.0 Å². The molecule has 0 N–H and O–H groups in total. The molecule has 0 fully saturated rings. The average Bonchev–Trinajstić information content (AvgIpc) is 2.47. The van der Waals surface area contributed by atoms with Crippen molar-refractivity contribution >= 4 is 11.1 Å². The van der Waals surface area contributed by atoms with Crippen LogP contribution in [0.15, 0.2) is 18.2 Å². The van der Waals surface area contributed by atoms with Crippen molar-refractivity contribution in [2.24, 2.45) is 0 Å². The summed E-state index contributed by atoms with van der Waals surface area (Å²) in [6.07, 6.45) is 0. The van der Waals surface area contributed by atoms with Gasteiger partial charge in [-0.05, 0) is 34.7 Å². The Bertz CT molecular complexity index is 378. The molecule has 1 aromatic rings. The number of benzene rings is 1. The minimum absolute atomic E-state index is 0.133. The van der Waals surface area contributed by atoms with Gasteiger partial charge in [-0.2, -0.15) is 0 Å². The van der Waals surface area contributed by atoms with Gasteiger partial charge in [-0.1, -0.05) is 18.2 Å². The molecule has 1 unspecified atom stereocenters. The average molecular weight is 210 g/mol. The zero-order chi connectivity index (χ0) is 10.1. The van der Waals surface area contributed by atoms with Crippen molar-refractivity contribution in [2.75, 3.05) is 5.88 Å². The Morgan fingerprint density at radius 1 is 1.50 bits per heavy atom. The van der Waals surface area contributed by atoms with Gasteiger partial charge in [0.05, 0.1) is 5.88 Å². The van der Waals surface area contributed by atoms with Crippen molar-refractivity contribution in [1.29, 1.82) is 0 Å². The molecule has 1 heterocycles. The van der Waals surface area contributed by atoms with E-state index in [2.05, 4.69) is 19.1 Å². The molecule has 1 aliphatic rings. The van der Waals surface area contributed by atoms with Crippen LogP contribution in [0.1, 0.15) is 16.7 Å². The van der Waals surface area contributed by atoms with Gasteiger partial charge in [0, 0.05) is 13.1 Å². The molecule has 2 rings (SSSR count). The van der Waals surface area contributed by atoms with Crippen LogP contribution in [0.4, 0.5) is 0 Å². The molecule has 1 aliphatic heterocycles. The normalized spacial score (nSPS) is 18.1. The summed E-state index contributed by atoms with van der Waals surface area (Å²) in [5.74, 6) is 0.133. The summed E-state index contributed by atoms with van der Waals surface area (Å²) in [5, 5.41) is 0. The van der Waals surface area contributed by atoms with Gasteiger partial charge < -0.3 is 4.55 Å². The molecule has 0 amide bonds. The number of rotatable bonds is 2. The molecule has 0 saturated carbocycles. The maximum atomic E-state index is 10.5. The van der Waals surface area contributed by atoms with Gasteiger partial charge in [0.2, 0.25) is 0 Å². The van der Waals surface area contributed by atoms with Crippen LogP contribution in [0, 0.1) is 6.92 Å². The number of hydrogen-bond acceptors (Lipinski definition) is 3. The third kappa shape index (κ3) is 1.87. The molecular formula is C10H12NO2S-. The van der Waals surface area contributed by atoms with Crippen molar-refractivity contribution in [3.05, 3.63) is 34.9 Å². The predicted octanol–water partition coefficient (Wildman–Crippen LogP) is 1.15. The van der Waals surface area contributed by atoms with Crippen LogP contribution in [-0.2, 0) is 24.2 Å². The molecule has 4 heteroatoms. The summed E-state index contributed by atoms with van der Waals surface area (Å²) in [4.78, 5) is 1.93. The van der Waals surface area contributed by atoms with Gasteiger partial charge >= 0.3 is 0 Å². The van der Waals surface area contributed by atoms with Gasteiger partial charge in [-0.3, -0.25) is 9.11 Å². The first kappa shape index (κ1) is 9.83. The molecular weight excluding hydrogens is 198 g/mol. The van der Waals surface area contributed by atoms with Crippen molar-refractivity contribution in [3.8, 4) is 0 Å². The lowest BCUT2D eigenvalue weighted by Crippen LogP contribution is -2.21. The van der Waals surface area contributed by atoms with Crippen LogP contribution in [0.3, 0.4) is 0 Å². The second-order valence-corrected chi connectivity index (χ2v) is 4.50. The lowest BCUT2D eigenvalue weighted by Gasteiger charge is -2.16. The third-order valence-corrected chi connectivity index (χ3v) is 3.15. The van der Waals surface area contributed by atoms with Gasteiger partial charge in [0.1, 0.15) is 0 Å². The van der Waals surface area contributed by atoms with E-state index >= 15 is 0 Å². The summed E-state index contributed by atoms with van der Waals surface area (Å²) < 4.78 is 21.1. The van der Waals surface area contributed by atoms with E-state index in [1.54, 1.807) is 0 Å². The van der Waals surface area contributed by atoms with Crippen LogP contribution in [0.2, 0.25) is 0 Å². The first-order valence-corrected chi connectivity index (χ1v) is 5.77. The van der Waals surface area contributed by atoms with E-state index < -0.39 is 11.1 Å². The number of hydrogen-bond donors (Lipinski definition) is 0. The highest BCUT2D eigenvalue weighted by molar-refractivity contribution is 7.79. The quantitative estimate of drug-likeness (QED) is 0.688. The van der Waals surface area contributed by atoms with Gasteiger partial charge in [0.15, 0.2) is 0 Å². The van der Waals surface area contributed by atoms with Crippen LogP contribution in [-0.4, -0.2) is 19.5 Å². The van der Waals surface area contributed by atoms with E-state index in [0.29, 0.717) is 0 Å². The highest BCUT2D eigenvalue weighted by Gasteiger charge is 2.19. The first-order valence-electron chi connectivity index (χ1n) is 4.52. The fourth-order valence-electron chi connectivity index (χ4n) is 1.90. The van der Waals surface area contributed by atoms with Gasteiger partial charge in [0.25, 0.3) is 0 Å². The van der Waals surface area contributed by atoms with E-state index in [1.807, 2.05) is 11.0 Å². The Kier molecular flexibility index (Phi) is 2.67. The molecule has 0 aliphatic carbocycles. The zero-order valence-corrected chi connectivity index (χ0v) is 8.84. The molecule has 0 bridgehead atoms. The molecule has 3 nitrogen and oxygen atoms in total. The number of nitrogens with zero attached hydrogens (tertiary/aromatic N) is 1. The second-order valence-electron chi connectivity index (χ2n) is 3.63. The fraction of sp³-hybridized carbons (Fsp3) is 0.400. The Balaban J connectivity index is 2.18. The van der Waals surface area contributed by atoms with Gasteiger partial charge in [-0.25, -0.2) is 0 Å². The Morgan fingerprint density at radius 2 is 2.29 bits per heavy atom. The monoisotopic (exact) mass is 210 g/mol. The van der Waals surface area contributed by atoms with Crippen molar-refractivity contribution in [1.82, 2.24) is 4.90 Å². The number of aryl methyl sites for hydroxylation is 1. The molecule has 0 saturated heterocycles. The molecule has 1 atom stereocenters. The van der Waals surface area contributed by atoms with Crippen molar-refractivity contribution < 1.29 is 8.76 Å². The number of fused-ring (bicyclic) bond motifs is 1. The predicted molar refractivity (Wildman–Crippen MR) is 54.2 cm³/mol. The summed E-state index contributed by atoms with van der Waals surface area (Å²) >= 11 is -1.97. The first-order chi connectivity index (χ1) is 6.66. The highest BCUT2D eigenvalue weighted by Crippen LogP contribution is 2.25. The minimum Gasteiger partial charge on any atom is -0.771 e. The Hall–Kier alpha value is -0.710. The SMILES string of the molecule is Cc1cccc2c1CN(CS(=O)[O-])C2. The minimum atomic E-state index is -1.97. The van der Waals surface area contributed by atoms with Crippen LogP contribution >= 0.6 is 0 Å². The van der Waals surface area contributed by atoms with E-state index in [4.69, 9.17) is 0 Å². The smallest absolute Gasteiger partial charge is 0.0619 e. The molecule has 0 spiro atoms. The summed E-state index contributed by atoms with van der Waals surface area (Å²) in [6, 6.07) is 6.15. The highest BCUT2D eigenvalue weighted by atomic mass is 32.2. The fourth-order valence-corrected chi connectivity index (χ4v) is 2.38. The Labute approximate surface area is 86.0 Å². The summed E-state index contributed by atoms with van der Waals surface area (Å²) in [6.45, 7) is 3.58. The maximum Gasteiger partial charge on any atom is 0.0619 e. The maximum absolute atomic E-state index is 10.5. The molecule has 14 heavy (non-hydrogen) atoms. The lowest BCUT2D eigenvalue weighted by atomic mass is 10.1. The van der Waals surface area contributed by atoms with Crippen LogP contribution in [0.25, 0.3) is 0 Å². The van der Waals surface area contributed by atoms with Crippen LogP contribution < -0.4 is 0 Å². The van der Waals surface area contributed by atoms with Gasteiger partial charge in [-0.15, -0.1) is 0 Å². The van der Waals surface area contributed by atoms with Crippen LogP contribution in [0.5, 0.6) is 0 Å². The lowest BCUT2D eigenvalue weighted by molar-refractivity contribution is 0.324.